The van der Waals surface area contributed by atoms with Gasteiger partial charge in [-0.05, 0) is 11.1 Å². The van der Waals surface area contributed by atoms with Crippen LogP contribution in [0, 0.1) is 0 Å². The Balaban J connectivity index is 2.29. The zero-order chi connectivity index (χ0) is 6.97. The summed E-state index contributed by atoms with van der Waals surface area (Å²) >= 11 is 5.90. The molecule has 0 aromatic rings. The average Bonchev–Trinajstić information content (AvgIpc) is 2.39. The average molecular weight is 151 g/mol. The van der Waals surface area contributed by atoms with E-state index >= 15 is 0 Å². The van der Waals surface area contributed by atoms with Crippen molar-refractivity contribution >= 4 is 11.6 Å². The van der Waals surface area contributed by atoms with Crippen molar-refractivity contribution in [3.63, 3.8) is 0 Å². The van der Waals surface area contributed by atoms with Gasteiger partial charge in [0.25, 0.3) is 0 Å². The lowest BCUT2D eigenvalue weighted by Gasteiger charge is -1.76. The van der Waals surface area contributed by atoms with Crippen LogP contribution < -0.4 is 0 Å². The van der Waals surface area contributed by atoms with E-state index in [1.165, 1.54) is 11.1 Å². The molecule has 1 heteroatoms. The fourth-order valence-electron chi connectivity index (χ4n) is 1.03. The van der Waals surface area contributed by atoms with Crippen LogP contribution in [0.15, 0.2) is 47.6 Å². The highest BCUT2D eigenvalue weighted by atomic mass is 35.5. The van der Waals surface area contributed by atoms with Crippen LogP contribution in [-0.2, 0) is 0 Å². The molecule has 50 valence electrons. The van der Waals surface area contributed by atoms with Crippen LogP contribution in [0.1, 0.15) is 0 Å². The van der Waals surface area contributed by atoms with Crippen LogP contribution in [0.3, 0.4) is 0 Å². The van der Waals surface area contributed by atoms with Crippen molar-refractivity contribution in [2.24, 2.45) is 0 Å². The van der Waals surface area contributed by atoms with Crippen molar-refractivity contribution in [1.29, 1.82) is 0 Å². The second-order valence-corrected chi connectivity index (χ2v) is 2.81. The Bertz CT molecular complexity index is 240. The number of hydrogen-bond donors (Lipinski definition) is 0. The maximum absolute atomic E-state index is 5.90. The Labute approximate surface area is 65.2 Å². The van der Waals surface area contributed by atoms with Gasteiger partial charge in [0.05, 0.1) is 5.38 Å². The van der Waals surface area contributed by atoms with Crippen LogP contribution in [-0.4, -0.2) is 5.38 Å². The lowest BCUT2D eigenvalue weighted by molar-refractivity contribution is 1.54. The minimum atomic E-state index is 0.187. The molecule has 0 fully saturated rings. The first kappa shape index (κ1) is 5.99. The molecule has 0 aliphatic heterocycles. The number of allylic oxidation sites excluding steroid dienone is 8. The predicted molar refractivity (Wildman–Crippen MR) is 44.1 cm³/mol. The first-order chi connectivity index (χ1) is 4.89. The molecule has 0 aromatic carbocycles. The molecule has 10 heavy (non-hydrogen) atoms. The molecule has 0 bridgehead atoms. The molecule has 0 heterocycles. The third kappa shape index (κ3) is 0.850. The molecule has 2 rings (SSSR count). The van der Waals surface area contributed by atoms with Crippen LogP contribution in [0.2, 0.25) is 0 Å². The molecule has 0 spiro atoms. The Morgan fingerprint density at radius 1 is 0.900 bits per heavy atom. The zero-order valence-corrected chi connectivity index (χ0v) is 6.18. The molecular weight excluding hydrogens is 144 g/mol. The Hall–Kier alpha value is -0.750. The highest BCUT2D eigenvalue weighted by molar-refractivity contribution is 6.28. The van der Waals surface area contributed by atoms with Gasteiger partial charge in [-0.1, -0.05) is 36.5 Å². The van der Waals surface area contributed by atoms with Gasteiger partial charge < -0.3 is 0 Å². The van der Waals surface area contributed by atoms with Gasteiger partial charge in [0, 0.05) is 0 Å². The normalized spacial score (nSPS) is 32.1. The second kappa shape index (κ2) is 2.14. The van der Waals surface area contributed by atoms with Gasteiger partial charge in [0.2, 0.25) is 0 Å². The van der Waals surface area contributed by atoms with Crippen molar-refractivity contribution in [3.8, 4) is 0 Å². The zero-order valence-electron chi connectivity index (χ0n) is 5.42. The summed E-state index contributed by atoms with van der Waals surface area (Å²) in [6.45, 7) is 0. The van der Waals surface area contributed by atoms with Gasteiger partial charge in [0.1, 0.15) is 0 Å². The summed E-state index contributed by atoms with van der Waals surface area (Å²) in [6, 6.07) is 0. The molecule has 0 amide bonds. The fraction of sp³-hybridized carbons (Fsp3) is 0.111. The summed E-state index contributed by atoms with van der Waals surface area (Å²) in [5, 5.41) is 0.187. The minimum Gasteiger partial charge on any atom is -0.113 e. The Morgan fingerprint density at radius 2 is 1.40 bits per heavy atom. The first-order valence-electron chi connectivity index (χ1n) is 3.29. The summed E-state index contributed by atoms with van der Waals surface area (Å²) in [7, 11) is 0. The van der Waals surface area contributed by atoms with E-state index in [4.69, 9.17) is 11.6 Å². The quantitative estimate of drug-likeness (QED) is 0.466. The molecule has 0 N–H and O–H groups in total. The molecule has 2 aliphatic rings. The first-order valence-corrected chi connectivity index (χ1v) is 3.73. The van der Waals surface area contributed by atoms with Gasteiger partial charge in [-0.15, -0.1) is 11.6 Å². The van der Waals surface area contributed by atoms with E-state index in [1.54, 1.807) is 0 Å². The summed E-state index contributed by atoms with van der Waals surface area (Å²) in [5.41, 5.74) is 2.53. The summed E-state index contributed by atoms with van der Waals surface area (Å²) in [6.07, 6.45) is 12.2. The van der Waals surface area contributed by atoms with E-state index in [2.05, 4.69) is 12.2 Å². The van der Waals surface area contributed by atoms with Crippen molar-refractivity contribution in [2.45, 2.75) is 5.38 Å². The lowest BCUT2D eigenvalue weighted by Crippen LogP contribution is -1.69. The van der Waals surface area contributed by atoms with Crippen molar-refractivity contribution < 1.29 is 0 Å². The summed E-state index contributed by atoms with van der Waals surface area (Å²) in [5.74, 6) is 0. The van der Waals surface area contributed by atoms with E-state index in [0.29, 0.717) is 0 Å². The maximum atomic E-state index is 5.90. The molecular formula is C9H7Cl. The van der Waals surface area contributed by atoms with Gasteiger partial charge >= 0.3 is 0 Å². The van der Waals surface area contributed by atoms with Crippen LogP contribution >= 0.6 is 11.6 Å². The van der Waals surface area contributed by atoms with Gasteiger partial charge in [0.15, 0.2) is 0 Å². The van der Waals surface area contributed by atoms with Gasteiger partial charge in [-0.25, -0.2) is 0 Å². The number of halogens is 1. The standard InChI is InChI=1S/C9H7Cl/c10-9-7-5-3-1-2-4-6-8(7)9/h1-6,9H/b2-1-,3-1?,4-2?,5-3-,6-4-,7-5?,8-6?. The van der Waals surface area contributed by atoms with E-state index in [1.807, 2.05) is 24.3 Å². The van der Waals surface area contributed by atoms with E-state index in [-0.39, 0.29) is 5.38 Å². The maximum Gasteiger partial charge on any atom is 0.0842 e. The van der Waals surface area contributed by atoms with Crippen molar-refractivity contribution in [1.82, 2.24) is 0 Å². The number of rotatable bonds is 0. The molecule has 2 aliphatic carbocycles. The SMILES string of the molecule is ClC1C2=C1\C=C/C=C\C=C/2. The van der Waals surface area contributed by atoms with Gasteiger partial charge in [-0.2, -0.15) is 0 Å². The smallest absolute Gasteiger partial charge is 0.0842 e. The number of alkyl halides is 1. The van der Waals surface area contributed by atoms with Crippen molar-refractivity contribution in [2.75, 3.05) is 0 Å². The summed E-state index contributed by atoms with van der Waals surface area (Å²) in [4.78, 5) is 0. The van der Waals surface area contributed by atoms with Crippen LogP contribution in [0.25, 0.3) is 0 Å². The molecule has 0 aromatic heterocycles. The molecule has 0 nitrogen and oxygen atoms in total. The minimum absolute atomic E-state index is 0.187. The Kier molecular flexibility index (Phi) is 1.28. The molecule has 0 unspecified atom stereocenters. The topological polar surface area (TPSA) is 0 Å². The second-order valence-electron chi connectivity index (χ2n) is 2.38. The van der Waals surface area contributed by atoms with E-state index in [0.717, 1.165) is 0 Å². The highest BCUT2D eigenvalue weighted by Gasteiger charge is 2.29. The van der Waals surface area contributed by atoms with Crippen molar-refractivity contribution in [3.05, 3.63) is 47.6 Å². The van der Waals surface area contributed by atoms with E-state index < -0.39 is 0 Å². The third-order valence-electron chi connectivity index (χ3n) is 1.68. The third-order valence-corrected chi connectivity index (χ3v) is 2.15. The molecule has 0 atom stereocenters. The largest absolute Gasteiger partial charge is 0.113 e. The monoisotopic (exact) mass is 150 g/mol. The molecule has 0 radical (unpaired) electrons. The number of hydrogen-bond acceptors (Lipinski definition) is 0. The van der Waals surface area contributed by atoms with Gasteiger partial charge in [-0.3, -0.25) is 0 Å². The van der Waals surface area contributed by atoms with Crippen LogP contribution in [0.4, 0.5) is 0 Å². The predicted octanol–water partition coefficient (Wildman–Crippen LogP) is 2.59. The molecule has 0 saturated heterocycles. The van der Waals surface area contributed by atoms with Crippen LogP contribution in [0.5, 0.6) is 0 Å². The van der Waals surface area contributed by atoms with E-state index in [9.17, 15) is 0 Å². The lowest BCUT2D eigenvalue weighted by atomic mass is 10.3. The summed E-state index contributed by atoms with van der Waals surface area (Å²) < 4.78 is 0. The highest BCUT2D eigenvalue weighted by Crippen LogP contribution is 2.39. The molecule has 0 saturated carbocycles. The fourth-order valence-corrected chi connectivity index (χ4v) is 1.37. The Morgan fingerprint density at radius 3 is 1.90 bits per heavy atom.